The van der Waals surface area contributed by atoms with Gasteiger partial charge in [-0.3, -0.25) is 14.9 Å². The molecular formula is C10H12Cl2N2O4. The minimum atomic E-state index is -0.654. The molecule has 0 spiro atoms. The van der Waals surface area contributed by atoms with Crippen LogP contribution in [0.2, 0.25) is 5.02 Å². The number of nitrogens with two attached hydrogens (primary N) is 1. The summed E-state index contributed by atoms with van der Waals surface area (Å²) in [4.78, 5) is 21.1. The highest BCUT2D eigenvalue weighted by Gasteiger charge is 2.17. The first-order chi connectivity index (χ1) is 7.95. The Labute approximate surface area is 115 Å². The van der Waals surface area contributed by atoms with Crippen LogP contribution in [0.15, 0.2) is 18.2 Å². The Bertz CT molecular complexity index is 454. The molecule has 100 valence electrons. The van der Waals surface area contributed by atoms with Gasteiger partial charge < -0.3 is 10.5 Å². The zero-order valence-electron chi connectivity index (χ0n) is 9.46. The van der Waals surface area contributed by atoms with E-state index >= 15 is 0 Å². The number of hydrogen-bond acceptors (Lipinski definition) is 5. The number of benzene rings is 1. The van der Waals surface area contributed by atoms with E-state index in [9.17, 15) is 14.9 Å². The van der Waals surface area contributed by atoms with Crippen LogP contribution in [0.5, 0.6) is 0 Å². The van der Waals surface area contributed by atoms with Crippen molar-refractivity contribution in [1.29, 1.82) is 0 Å². The van der Waals surface area contributed by atoms with E-state index in [1.165, 1.54) is 19.2 Å². The summed E-state index contributed by atoms with van der Waals surface area (Å²) in [5.41, 5.74) is 5.96. The fraction of sp³-hybridized carbons (Fsp3) is 0.300. The Kier molecular flexibility index (Phi) is 6.61. The Morgan fingerprint density at radius 2 is 2.22 bits per heavy atom. The smallest absolute Gasteiger partial charge is 0.307 e. The number of carbonyl (C=O) groups is 1. The second kappa shape index (κ2) is 7.15. The quantitative estimate of drug-likeness (QED) is 0.522. The molecule has 0 aliphatic carbocycles. The SMILES string of the molecule is COC(=O)C[C@@H](N)c1ccc(Cl)c([N+](=O)[O-])c1.Cl. The van der Waals surface area contributed by atoms with Gasteiger partial charge in [0.15, 0.2) is 0 Å². The molecule has 0 bridgehead atoms. The number of nitro benzene ring substituents is 1. The molecule has 0 aromatic heterocycles. The van der Waals surface area contributed by atoms with Crippen molar-refractivity contribution in [2.24, 2.45) is 5.73 Å². The molecule has 18 heavy (non-hydrogen) atoms. The van der Waals surface area contributed by atoms with Crippen molar-refractivity contribution in [3.05, 3.63) is 38.9 Å². The summed E-state index contributed by atoms with van der Waals surface area (Å²) in [6.07, 6.45) is -0.0463. The lowest BCUT2D eigenvalue weighted by molar-refractivity contribution is -0.384. The average molecular weight is 295 g/mol. The van der Waals surface area contributed by atoms with Crippen molar-refractivity contribution in [3.63, 3.8) is 0 Å². The van der Waals surface area contributed by atoms with Gasteiger partial charge in [0.1, 0.15) is 5.02 Å². The van der Waals surface area contributed by atoms with E-state index in [4.69, 9.17) is 17.3 Å². The maximum atomic E-state index is 11.0. The molecule has 1 aromatic rings. The third-order valence-electron chi connectivity index (χ3n) is 2.21. The third-order valence-corrected chi connectivity index (χ3v) is 2.53. The zero-order chi connectivity index (χ0) is 13.0. The molecule has 0 aliphatic rings. The molecule has 0 fully saturated rings. The predicted molar refractivity (Wildman–Crippen MR) is 68.9 cm³/mol. The van der Waals surface area contributed by atoms with E-state index in [-0.39, 0.29) is 29.5 Å². The van der Waals surface area contributed by atoms with Crippen molar-refractivity contribution < 1.29 is 14.5 Å². The zero-order valence-corrected chi connectivity index (χ0v) is 11.0. The minimum absolute atomic E-state index is 0. The molecule has 0 saturated heterocycles. The van der Waals surface area contributed by atoms with Gasteiger partial charge in [-0.25, -0.2) is 0 Å². The van der Waals surface area contributed by atoms with Crippen molar-refractivity contribution in [1.82, 2.24) is 0 Å². The van der Waals surface area contributed by atoms with Crippen LogP contribution in [0.3, 0.4) is 0 Å². The van der Waals surface area contributed by atoms with E-state index in [0.29, 0.717) is 5.56 Å². The summed E-state index contributed by atoms with van der Waals surface area (Å²) in [7, 11) is 1.25. The van der Waals surface area contributed by atoms with Gasteiger partial charge in [-0.05, 0) is 11.6 Å². The summed E-state index contributed by atoms with van der Waals surface area (Å²) in [6, 6.07) is 3.53. The highest BCUT2D eigenvalue weighted by atomic mass is 35.5. The second-order valence-electron chi connectivity index (χ2n) is 3.35. The largest absolute Gasteiger partial charge is 0.469 e. The summed E-state index contributed by atoms with van der Waals surface area (Å²) in [5.74, 6) is -0.477. The second-order valence-corrected chi connectivity index (χ2v) is 3.76. The molecule has 0 radical (unpaired) electrons. The molecule has 2 N–H and O–H groups in total. The molecule has 0 saturated carbocycles. The molecule has 0 unspecified atom stereocenters. The molecule has 0 heterocycles. The molecular weight excluding hydrogens is 283 g/mol. The number of ether oxygens (including phenoxy) is 1. The topological polar surface area (TPSA) is 95.5 Å². The van der Waals surface area contributed by atoms with Gasteiger partial charge in [-0.2, -0.15) is 0 Å². The van der Waals surface area contributed by atoms with Crippen LogP contribution < -0.4 is 5.73 Å². The first-order valence-electron chi connectivity index (χ1n) is 4.72. The van der Waals surface area contributed by atoms with E-state index in [2.05, 4.69) is 4.74 Å². The lowest BCUT2D eigenvalue weighted by Crippen LogP contribution is -2.16. The van der Waals surface area contributed by atoms with Gasteiger partial charge in [0.05, 0.1) is 18.5 Å². The molecule has 6 nitrogen and oxygen atoms in total. The van der Waals surface area contributed by atoms with Crippen LogP contribution in [-0.2, 0) is 9.53 Å². The Morgan fingerprint density at radius 3 is 2.72 bits per heavy atom. The van der Waals surface area contributed by atoms with Gasteiger partial charge in [0.2, 0.25) is 0 Å². The number of methoxy groups -OCH3 is 1. The number of esters is 1. The molecule has 8 heteroatoms. The van der Waals surface area contributed by atoms with Gasteiger partial charge in [0.25, 0.3) is 5.69 Å². The maximum Gasteiger partial charge on any atom is 0.307 e. The summed E-state index contributed by atoms with van der Waals surface area (Å²) < 4.78 is 4.46. The fourth-order valence-corrected chi connectivity index (χ4v) is 1.47. The number of halogens is 2. The summed E-state index contributed by atoms with van der Waals surface area (Å²) in [5, 5.41) is 10.7. The van der Waals surface area contributed by atoms with Crippen molar-refractivity contribution >= 4 is 35.7 Å². The number of carbonyl (C=O) groups excluding carboxylic acids is 1. The van der Waals surface area contributed by atoms with Gasteiger partial charge in [0, 0.05) is 12.1 Å². The lowest BCUT2D eigenvalue weighted by Gasteiger charge is -2.10. The molecule has 0 amide bonds. The Hall–Kier alpha value is -1.37. The number of nitro groups is 1. The van der Waals surface area contributed by atoms with Crippen LogP contribution in [-0.4, -0.2) is 18.0 Å². The molecule has 1 aromatic carbocycles. The van der Waals surface area contributed by atoms with E-state index in [0.717, 1.165) is 0 Å². The average Bonchev–Trinajstić information content (AvgIpc) is 2.28. The van der Waals surface area contributed by atoms with Gasteiger partial charge >= 0.3 is 5.97 Å². The van der Waals surface area contributed by atoms with Crippen LogP contribution in [0.4, 0.5) is 5.69 Å². The van der Waals surface area contributed by atoms with Gasteiger partial charge in [-0.15, -0.1) is 12.4 Å². The fourth-order valence-electron chi connectivity index (χ4n) is 1.28. The maximum absolute atomic E-state index is 11.0. The summed E-state index contributed by atoms with van der Waals surface area (Å²) >= 11 is 5.65. The van der Waals surface area contributed by atoms with E-state index < -0.39 is 16.9 Å². The van der Waals surface area contributed by atoms with Crippen LogP contribution in [0.25, 0.3) is 0 Å². The summed E-state index contributed by atoms with van der Waals surface area (Å²) in [6.45, 7) is 0. The van der Waals surface area contributed by atoms with Crippen molar-refractivity contribution in [2.75, 3.05) is 7.11 Å². The van der Waals surface area contributed by atoms with E-state index in [1.54, 1.807) is 6.07 Å². The van der Waals surface area contributed by atoms with Gasteiger partial charge in [-0.1, -0.05) is 17.7 Å². The Morgan fingerprint density at radius 1 is 1.61 bits per heavy atom. The predicted octanol–water partition coefficient (Wildman–Crippen LogP) is 2.23. The lowest BCUT2D eigenvalue weighted by atomic mass is 10.0. The first-order valence-corrected chi connectivity index (χ1v) is 5.09. The minimum Gasteiger partial charge on any atom is -0.469 e. The molecule has 0 aliphatic heterocycles. The van der Waals surface area contributed by atoms with Crippen LogP contribution >= 0.6 is 24.0 Å². The molecule has 1 rings (SSSR count). The number of nitrogens with zero attached hydrogens (tertiary/aromatic N) is 1. The van der Waals surface area contributed by atoms with E-state index in [1.807, 2.05) is 0 Å². The molecule has 1 atom stereocenters. The highest BCUT2D eigenvalue weighted by Crippen LogP contribution is 2.28. The first kappa shape index (κ1) is 16.6. The number of hydrogen-bond donors (Lipinski definition) is 1. The normalized spacial score (nSPS) is 11.3. The standard InChI is InChI=1S/C10H11ClN2O4.ClH/c1-17-10(14)5-8(12)6-2-3-7(11)9(4-6)13(15)16;/h2-4,8H,5,12H2,1H3;1H/t8-;/m1./s1. The highest BCUT2D eigenvalue weighted by molar-refractivity contribution is 6.32. The Balaban J connectivity index is 0.00000289. The van der Waals surface area contributed by atoms with Crippen LogP contribution in [0.1, 0.15) is 18.0 Å². The number of rotatable bonds is 4. The van der Waals surface area contributed by atoms with Crippen molar-refractivity contribution in [2.45, 2.75) is 12.5 Å². The van der Waals surface area contributed by atoms with Crippen molar-refractivity contribution in [3.8, 4) is 0 Å². The van der Waals surface area contributed by atoms with Crippen LogP contribution in [0, 0.1) is 10.1 Å². The third kappa shape index (κ3) is 4.14. The monoisotopic (exact) mass is 294 g/mol.